The normalized spacial score (nSPS) is 12.3. The zero-order valence-corrected chi connectivity index (χ0v) is 10.7. The van der Waals surface area contributed by atoms with E-state index in [2.05, 4.69) is 40.8 Å². The number of nitrogens with one attached hydrogen (secondary N) is 1. The molecule has 0 saturated carbocycles. The van der Waals surface area contributed by atoms with Crippen molar-refractivity contribution in [1.29, 1.82) is 0 Å². The van der Waals surface area contributed by atoms with Crippen molar-refractivity contribution in [2.24, 2.45) is 5.92 Å². The number of anilines is 1. The molecule has 0 fully saturated rings. The molecule has 1 heterocycles. The fraction of sp³-hybridized carbons (Fsp3) is 0.583. The number of carbonyl (C=O) groups is 1. The van der Waals surface area contributed by atoms with Crippen molar-refractivity contribution in [2.75, 3.05) is 12.4 Å². The van der Waals surface area contributed by atoms with E-state index in [1.54, 1.807) is 6.20 Å². The summed E-state index contributed by atoms with van der Waals surface area (Å²) in [5.41, 5.74) is 0.218. The molecule has 0 saturated heterocycles. The van der Waals surface area contributed by atoms with Gasteiger partial charge in [0.15, 0.2) is 5.69 Å². The second-order valence-corrected chi connectivity index (χ2v) is 4.18. The minimum Gasteiger partial charge on any atom is -0.464 e. The number of nitrogens with zero attached hydrogens (tertiary/aromatic N) is 2. The van der Waals surface area contributed by atoms with Crippen molar-refractivity contribution in [3.05, 3.63) is 18.1 Å². The first-order chi connectivity index (χ1) is 8.08. The molecule has 0 radical (unpaired) electrons. The third-order valence-corrected chi connectivity index (χ3v) is 2.62. The quantitative estimate of drug-likeness (QED) is 0.794. The molecule has 5 heteroatoms. The van der Waals surface area contributed by atoms with E-state index >= 15 is 0 Å². The summed E-state index contributed by atoms with van der Waals surface area (Å²) in [4.78, 5) is 19.3. The van der Waals surface area contributed by atoms with Crippen LogP contribution in [-0.2, 0) is 4.74 Å². The Balaban J connectivity index is 2.71. The standard InChI is InChI=1S/C12H19N3O2/c1-5-9(8(2)3)15-11-7-13-10(6-14-11)12(16)17-4/h6-9H,5H2,1-4H3,(H,14,15). The summed E-state index contributed by atoms with van der Waals surface area (Å²) in [5, 5.41) is 3.29. The van der Waals surface area contributed by atoms with E-state index in [-0.39, 0.29) is 5.69 Å². The van der Waals surface area contributed by atoms with Crippen LogP contribution >= 0.6 is 0 Å². The molecule has 0 aromatic carbocycles. The van der Waals surface area contributed by atoms with Gasteiger partial charge in [-0.2, -0.15) is 0 Å². The number of aromatic nitrogens is 2. The Bertz CT molecular complexity index is 363. The number of ether oxygens (including phenoxy) is 1. The number of esters is 1. The largest absolute Gasteiger partial charge is 0.464 e. The first kappa shape index (κ1) is 13.4. The maximum atomic E-state index is 11.2. The van der Waals surface area contributed by atoms with Crippen molar-refractivity contribution in [3.63, 3.8) is 0 Å². The third kappa shape index (κ3) is 3.69. The van der Waals surface area contributed by atoms with E-state index in [4.69, 9.17) is 0 Å². The third-order valence-electron chi connectivity index (χ3n) is 2.62. The lowest BCUT2D eigenvalue weighted by molar-refractivity contribution is 0.0593. The van der Waals surface area contributed by atoms with Crippen LogP contribution in [-0.4, -0.2) is 29.1 Å². The maximum absolute atomic E-state index is 11.2. The average Bonchev–Trinajstić information content (AvgIpc) is 2.35. The number of hydrogen-bond acceptors (Lipinski definition) is 5. The highest BCUT2D eigenvalue weighted by molar-refractivity contribution is 5.86. The molecule has 0 aliphatic carbocycles. The van der Waals surface area contributed by atoms with E-state index in [9.17, 15) is 4.79 Å². The van der Waals surface area contributed by atoms with Crippen LogP contribution in [0.5, 0.6) is 0 Å². The summed E-state index contributed by atoms with van der Waals surface area (Å²) >= 11 is 0. The summed E-state index contributed by atoms with van der Waals surface area (Å²) in [6.45, 7) is 6.42. The Labute approximate surface area is 102 Å². The SMILES string of the molecule is CCC(Nc1cnc(C(=O)OC)cn1)C(C)C. The van der Waals surface area contributed by atoms with Crippen molar-refractivity contribution in [3.8, 4) is 0 Å². The smallest absolute Gasteiger partial charge is 0.358 e. The van der Waals surface area contributed by atoms with E-state index < -0.39 is 5.97 Å². The van der Waals surface area contributed by atoms with Crippen molar-refractivity contribution < 1.29 is 9.53 Å². The van der Waals surface area contributed by atoms with Gasteiger partial charge in [-0.25, -0.2) is 14.8 Å². The maximum Gasteiger partial charge on any atom is 0.358 e. The summed E-state index contributed by atoms with van der Waals surface area (Å²) in [7, 11) is 1.32. The van der Waals surface area contributed by atoms with Crippen LogP contribution in [0.4, 0.5) is 5.82 Å². The van der Waals surface area contributed by atoms with Crippen molar-refractivity contribution in [2.45, 2.75) is 33.2 Å². The molecule has 1 atom stereocenters. The van der Waals surface area contributed by atoms with Gasteiger partial charge in [0, 0.05) is 6.04 Å². The predicted octanol–water partition coefficient (Wildman–Crippen LogP) is 2.11. The topological polar surface area (TPSA) is 64.1 Å². The lowest BCUT2D eigenvalue weighted by atomic mass is 10.0. The van der Waals surface area contributed by atoms with Crippen LogP contribution in [0.2, 0.25) is 0 Å². The Hall–Kier alpha value is -1.65. The van der Waals surface area contributed by atoms with Gasteiger partial charge in [-0.3, -0.25) is 0 Å². The predicted molar refractivity (Wildman–Crippen MR) is 65.9 cm³/mol. The minimum atomic E-state index is -0.472. The molecule has 1 unspecified atom stereocenters. The van der Waals surface area contributed by atoms with Gasteiger partial charge in [-0.1, -0.05) is 20.8 Å². The van der Waals surface area contributed by atoms with Gasteiger partial charge in [0.25, 0.3) is 0 Å². The van der Waals surface area contributed by atoms with Crippen molar-refractivity contribution >= 4 is 11.8 Å². The van der Waals surface area contributed by atoms with Crippen molar-refractivity contribution in [1.82, 2.24) is 9.97 Å². The van der Waals surface area contributed by atoms with Crippen LogP contribution < -0.4 is 5.32 Å². The van der Waals surface area contributed by atoms with Crippen LogP contribution in [0.3, 0.4) is 0 Å². The van der Waals surface area contributed by atoms with E-state index in [0.29, 0.717) is 17.8 Å². The number of methoxy groups -OCH3 is 1. The zero-order chi connectivity index (χ0) is 12.8. The van der Waals surface area contributed by atoms with E-state index in [1.807, 2.05) is 0 Å². The van der Waals surface area contributed by atoms with Gasteiger partial charge < -0.3 is 10.1 Å². The molecule has 1 aromatic rings. The summed E-state index contributed by atoms with van der Waals surface area (Å²) in [5.74, 6) is 0.722. The molecule has 0 bridgehead atoms. The average molecular weight is 237 g/mol. The molecular weight excluding hydrogens is 218 g/mol. The Morgan fingerprint density at radius 3 is 2.53 bits per heavy atom. The summed E-state index contributed by atoms with van der Waals surface area (Å²) in [6.07, 6.45) is 3.98. The fourth-order valence-corrected chi connectivity index (χ4v) is 1.54. The van der Waals surface area contributed by atoms with E-state index in [0.717, 1.165) is 6.42 Å². The van der Waals surface area contributed by atoms with E-state index in [1.165, 1.54) is 13.3 Å². The summed E-state index contributed by atoms with van der Waals surface area (Å²) in [6, 6.07) is 0.355. The number of rotatable bonds is 5. The molecule has 0 aliphatic rings. The van der Waals surface area contributed by atoms with Gasteiger partial charge in [0.1, 0.15) is 5.82 Å². The van der Waals surface area contributed by atoms with Gasteiger partial charge >= 0.3 is 5.97 Å². The molecule has 17 heavy (non-hydrogen) atoms. The molecule has 1 N–H and O–H groups in total. The molecule has 1 rings (SSSR count). The van der Waals surface area contributed by atoms with Crippen LogP contribution in [0.1, 0.15) is 37.7 Å². The van der Waals surface area contributed by atoms with Gasteiger partial charge in [-0.15, -0.1) is 0 Å². The first-order valence-corrected chi connectivity index (χ1v) is 5.75. The molecule has 0 amide bonds. The first-order valence-electron chi connectivity index (χ1n) is 5.75. The Morgan fingerprint density at radius 2 is 2.12 bits per heavy atom. The highest BCUT2D eigenvalue weighted by Crippen LogP contribution is 2.12. The highest BCUT2D eigenvalue weighted by Gasteiger charge is 2.12. The Morgan fingerprint density at radius 1 is 1.41 bits per heavy atom. The van der Waals surface area contributed by atoms with Crippen LogP contribution in [0, 0.1) is 5.92 Å². The monoisotopic (exact) mass is 237 g/mol. The molecule has 94 valence electrons. The molecule has 0 aliphatic heterocycles. The highest BCUT2D eigenvalue weighted by atomic mass is 16.5. The molecular formula is C12H19N3O2. The second-order valence-electron chi connectivity index (χ2n) is 4.18. The summed E-state index contributed by atoms with van der Waals surface area (Å²) < 4.78 is 4.55. The zero-order valence-electron chi connectivity index (χ0n) is 10.7. The lowest BCUT2D eigenvalue weighted by Gasteiger charge is -2.20. The van der Waals surface area contributed by atoms with Crippen LogP contribution in [0.15, 0.2) is 12.4 Å². The van der Waals surface area contributed by atoms with Crippen LogP contribution in [0.25, 0.3) is 0 Å². The fourth-order valence-electron chi connectivity index (χ4n) is 1.54. The van der Waals surface area contributed by atoms with Gasteiger partial charge in [0.05, 0.1) is 19.5 Å². The molecule has 5 nitrogen and oxygen atoms in total. The second kappa shape index (κ2) is 6.18. The molecule has 0 spiro atoms. The molecule has 1 aromatic heterocycles. The number of carbonyl (C=O) groups excluding carboxylic acids is 1. The van der Waals surface area contributed by atoms with Gasteiger partial charge in [0.2, 0.25) is 0 Å². The Kier molecular flexibility index (Phi) is 4.87. The van der Waals surface area contributed by atoms with Gasteiger partial charge in [-0.05, 0) is 12.3 Å². The lowest BCUT2D eigenvalue weighted by Crippen LogP contribution is -2.25. The number of hydrogen-bond donors (Lipinski definition) is 1. The minimum absolute atomic E-state index is 0.218.